The van der Waals surface area contributed by atoms with Gasteiger partial charge in [0.1, 0.15) is 0 Å². The van der Waals surface area contributed by atoms with Crippen LogP contribution in [0.15, 0.2) is 29.6 Å². The second kappa shape index (κ2) is 7.19. The molecule has 2 rings (SSSR count). The van der Waals surface area contributed by atoms with Crippen molar-refractivity contribution in [3.63, 3.8) is 0 Å². The minimum atomic E-state index is -0.901. The SMILES string of the molecule is O=C(O)CCCC(=O)Nc1nc(-c2ccc(Cl)cc2)cs1. The largest absolute Gasteiger partial charge is 0.481 e. The van der Waals surface area contributed by atoms with Crippen LogP contribution in [0.1, 0.15) is 19.3 Å². The maximum Gasteiger partial charge on any atom is 0.303 e. The highest BCUT2D eigenvalue weighted by molar-refractivity contribution is 7.14. The van der Waals surface area contributed by atoms with E-state index in [-0.39, 0.29) is 18.7 Å². The number of aromatic nitrogens is 1. The van der Waals surface area contributed by atoms with Crippen LogP contribution >= 0.6 is 22.9 Å². The fourth-order valence-corrected chi connectivity index (χ4v) is 2.53. The number of thiazole rings is 1. The number of amides is 1. The van der Waals surface area contributed by atoms with Gasteiger partial charge in [-0.15, -0.1) is 11.3 Å². The Morgan fingerprint density at radius 1 is 1.24 bits per heavy atom. The van der Waals surface area contributed by atoms with Gasteiger partial charge >= 0.3 is 5.97 Å². The Morgan fingerprint density at radius 2 is 1.95 bits per heavy atom. The number of anilines is 1. The van der Waals surface area contributed by atoms with E-state index in [0.29, 0.717) is 16.6 Å². The minimum absolute atomic E-state index is 0.0126. The molecule has 0 saturated heterocycles. The van der Waals surface area contributed by atoms with Crippen molar-refractivity contribution in [1.29, 1.82) is 0 Å². The normalized spacial score (nSPS) is 10.3. The molecule has 110 valence electrons. The van der Waals surface area contributed by atoms with Gasteiger partial charge in [0.25, 0.3) is 0 Å². The van der Waals surface area contributed by atoms with E-state index >= 15 is 0 Å². The maximum absolute atomic E-state index is 11.6. The summed E-state index contributed by atoms with van der Waals surface area (Å²) in [6.45, 7) is 0. The van der Waals surface area contributed by atoms with E-state index in [1.165, 1.54) is 11.3 Å². The molecule has 0 aliphatic heterocycles. The lowest BCUT2D eigenvalue weighted by Gasteiger charge is -2.00. The van der Waals surface area contributed by atoms with E-state index in [1.54, 1.807) is 12.1 Å². The molecule has 0 spiro atoms. The van der Waals surface area contributed by atoms with Gasteiger partial charge in [-0.25, -0.2) is 4.98 Å². The van der Waals surface area contributed by atoms with Crippen molar-refractivity contribution < 1.29 is 14.7 Å². The van der Waals surface area contributed by atoms with Crippen LogP contribution in [0.2, 0.25) is 5.02 Å². The summed E-state index contributed by atoms with van der Waals surface area (Å²) < 4.78 is 0. The first-order valence-corrected chi connectivity index (χ1v) is 7.53. The van der Waals surface area contributed by atoms with Gasteiger partial charge < -0.3 is 10.4 Å². The molecule has 0 fully saturated rings. The van der Waals surface area contributed by atoms with E-state index in [2.05, 4.69) is 10.3 Å². The van der Waals surface area contributed by atoms with Gasteiger partial charge in [0.2, 0.25) is 5.91 Å². The van der Waals surface area contributed by atoms with Crippen LogP contribution in [0, 0.1) is 0 Å². The van der Waals surface area contributed by atoms with E-state index in [0.717, 1.165) is 11.3 Å². The van der Waals surface area contributed by atoms with Crippen molar-refractivity contribution >= 4 is 39.9 Å². The molecule has 0 unspecified atom stereocenters. The number of carbonyl (C=O) groups excluding carboxylic acids is 1. The summed E-state index contributed by atoms with van der Waals surface area (Å²) in [6, 6.07) is 7.27. The summed E-state index contributed by atoms with van der Waals surface area (Å²) in [5.41, 5.74) is 1.68. The van der Waals surface area contributed by atoms with Gasteiger partial charge in [-0.3, -0.25) is 9.59 Å². The highest BCUT2D eigenvalue weighted by atomic mass is 35.5. The van der Waals surface area contributed by atoms with E-state index in [9.17, 15) is 9.59 Å². The van der Waals surface area contributed by atoms with Crippen LogP contribution in [-0.2, 0) is 9.59 Å². The molecule has 0 bridgehead atoms. The smallest absolute Gasteiger partial charge is 0.303 e. The first kappa shape index (κ1) is 15.5. The number of carboxylic acids is 1. The number of hydrogen-bond donors (Lipinski definition) is 2. The summed E-state index contributed by atoms with van der Waals surface area (Å²) in [7, 11) is 0. The van der Waals surface area contributed by atoms with Gasteiger partial charge in [0.15, 0.2) is 5.13 Å². The molecule has 21 heavy (non-hydrogen) atoms. The second-order valence-electron chi connectivity index (χ2n) is 4.34. The van der Waals surface area contributed by atoms with E-state index in [1.807, 2.05) is 17.5 Å². The Kier molecular flexibility index (Phi) is 5.30. The third-order valence-corrected chi connectivity index (χ3v) is 3.69. The van der Waals surface area contributed by atoms with Crippen LogP contribution in [0.5, 0.6) is 0 Å². The number of hydrogen-bond acceptors (Lipinski definition) is 4. The average Bonchev–Trinajstić information content (AvgIpc) is 2.87. The standard InChI is InChI=1S/C14H13ClN2O3S/c15-10-6-4-9(5-7-10)11-8-21-14(16-11)17-12(18)2-1-3-13(19)20/h4-8H,1-3H2,(H,19,20)(H,16,17,18). The van der Waals surface area contributed by atoms with E-state index < -0.39 is 5.97 Å². The van der Waals surface area contributed by atoms with Crippen LogP contribution in [0.4, 0.5) is 5.13 Å². The molecule has 0 radical (unpaired) electrons. The third kappa shape index (κ3) is 4.84. The maximum atomic E-state index is 11.6. The number of nitrogens with one attached hydrogen (secondary N) is 1. The van der Waals surface area contributed by atoms with Crippen LogP contribution in [0.3, 0.4) is 0 Å². The molecule has 5 nitrogen and oxygen atoms in total. The molecule has 0 saturated carbocycles. The molecule has 2 aromatic rings. The number of carboxylic acid groups (broad SMARTS) is 1. The molecular weight excluding hydrogens is 312 g/mol. The number of benzene rings is 1. The van der Waals surface area contributed by atoms with Gasteiger partial charge in [-0.2, -0.15) is 0 Å². The summed E-state index contributed by atoms with van der Waals surface area (Å²) >= 11 is 7.15. The van der Waals surface area contributed by atoms with Crippen molar-refractivity contribution in [3.8, 4) is 11.3 Å². The van der Waals surface area contributed by atoms with Gasteiger partial charge in [-0.1, -0.05) is 23.7 Å². The molecule has 0 atom stereocenters. The van der Waals surface area contributed by atoms with Crippen molar-refractivity contribution in [1.82, 2.24) is 4.98 Å². The zero-order chi connectivity index (χ0) is 15.2. The number of nitrogens with zero attached hydrogens (tertiary/aromatic N) is 1. The summed E-state index contributed by atoms with van der Waals surface area (Å²) in [5, 5.41) is 14.2. The fourth-order valence-electron chi connectivity index (χ4n) is 1.67. The monoisotopic (exact) mass is 324 g/mol. The number of halogens is 1. The predicted octanol–water partition coefficient (Wildman–Crippen LogP) is 3.66. The Morgan fingerprint density at radius 3 is 2.62 bits per heavy atom. The van der Waals surface area contributed by atoms with Gasteiger partial charge in [-0.05, 0) is 18.6 Å². The Hall–Kier alpha value is -1.92. The Balaban J connectivity index is 1.92. The highest BCUT2D eigenvalue weighted by Crippen LogP contribution is 2.26. The van der Waals surface area contributed by atoms with Gasteiger partial charge in [0.05, 0.1) is 5.69 Å². The van der Waals surface area contributed by atoms with Crippen molar-refractivity contribution in [2.45, 2.75) is 19.3 Å². The number of carbonyl (C=O) groups is 2. The van der Waals surface area contributed by atoms with Crippen molar-refractivity contribution in [2.24, 2.45) is 0 Å². The molecule has 0 aliphatic carbocycles. The van der Waals surface area contributed by atoms with Crippen molar-refractivity contribution in [2.75, 3.05) is 5.32 Å². The molecule has 0 aliphatic rings. The Bertz CT molecular complexity index is 640. The number of rotatable bonds is 6. The molecule has 1 heterocycles. The lowest BCUT2D eigenvalue weighted by Crippen LogP contribution is -2.11. The molecule has 2 N–H and O–H groups in total. The highest BCUT2D eigenvalue weighted by Gasteiger charge is 2.08. The van der Waals surface area contributed by atoms with E-state index in [4.69, 9.17) is 16.7 Å². The molecule has 1 aromatic heterocycles. The predicted molar refractivity (Wildman–Crippen MR) is 82.7 cm³/mol. The number of aliphatic carboxylic acids is 1. The topological polar surface area (TPSA) is 79.3 Å². The van der Waals surface area contributed by atoms with Crippen LogP contribution < -0.4 is 5.32 Å². The molecular formula is C14H13ClN2O3S. The lowest BCUT2D eigenvalue weighted by atomic mass is 10.2. The third-order valence-electron chi connectivity index (χ3n) is 2.69. The zero-order valence-electron chi connectivity index (χ0n) is 11.0. The summed E-state index contributed by atoms with van der Waals surface area (Å²) in [6.07, 6.45) is 0.472. The zero-order valence-corrected chi connectivity index (χ0v) is 12.6. The summed E-state index contributed by atoms with van der Waals surface area (Å²) in [5.74, 6) is -1.13. The minimum Gasteiger partial charge on any atom is -0.481 e. The quantitative estimate of drug-likeness (QED) is 0.850. The second-order valence-corrected chi connectivity index (χ2v) is 5.63. The van der Waals surface area contributed by atoms with Gasteiger partial charge in [0, 0.05) is 28.8 Å². The van der Waals surface area contributed by atoms with Crippen molar-refractivity contribution in [3.05, 3.63) is 34.7 Å². The first-order valence-electron chi connectivity index (χ1n) is 6.28. The molecule has 7 heteroatoms. The summed E-state index contributed by atoms with van der Waals surface area (Å²) in [4.78, 5) is 26.3. The molecule has 1 amide bonds. The molecule has 1 aromatic carbocycles. The van der Waals surface area contributed by atoms with Crippen LogP contribution in [0.25, 0.3) is 11.3 Å². The fraction of sp³-hybridized carbons (Fsp3) is 0.214. The Labute approximate surface area is 130 Å². The lowest BCUT2D eigenvalue weighted by molar-refractivity contribution is -0.137. The van der Waals surface area contributed by atoms with Crippen LogP contribution in [-0.4, -0.2) is 22.0 Å². The first-order chi connectivity index (χ1) is 10.0. The average molecular weight is 325 g/mol.